The molecule has 3 aromatic rings. The molecule has 12 heteroatoms. The molecule has 1 aromatic carbocycles. The predicted octanol–water partition coefficient (Wildman–Crippen LogP) is 3.03. The van der Waals surface area contributed by atoms with Crippen molar-refractivity contribution < 1.29 is 22.8 Å². The van der Waals surface area contributed by atoms with E-state index in [2.05, 4.69) is 25.3 Å². The van der Waals surface area contributed by atoms with Crippen LogP contribution in [0.15, 0.2) is 24.3 Å². The van der Waals surface area contributed by atoms with E-state index in [0.717, 1.165) is 10.2 Å². The van der Waals surface area contributed by atoms with E-state index in [0.29, 0.717) is 48.6 Å². The van der Waals surface area contributed by atoms with Gasteiger partial charge in [-0.25, -0.2) is 9.50 Å². The third-order valence-electron chi connectivity index (χ3n) is 6.32. The lowest BCUT2D eigenvalue weighted by molar-refractivity contribution is -0.144. The van der Waals surface area contributed by atoms with Crippen molar-refractivity contribution in [2.45, 2.75) is 45.7 Å². The van der Waals surface area contributed by atoms with Gasteiger partial charge in [-0.05, 0) is 50.8 Å². The number of rotatable bonds is 6. The fourth-order valence-electron chi connectivity index (χ4n) is 4.40. The van der Waals surface area contributed by atoms with E-state index in [-0.39, 0.29) is 36.4 Å². The molecule has 0 unspecified atom stereocenters. The molecule has 1 saturated heterocycles. The van der Waals surface area contributed by atoms with Crippen molar-refractivity contribution in [2.24, 2.45) is 11.7 Å². The van der Waals surface area contributed by atoms with Crippen LogP contribution in [0.2, 0.25) is 0 Å². The number of amides is 2. The van der Waals surface area contributed by atoms with Gasteiger partial charge >= 0.3 is 6.18 Å². The van der Waals surface area contributed by atoms with E-state index in [1.807, 2.05) is 24.3 Å². The second-order valence-corrected chi connectivity index (χ2v) is 8.64. The quantitative estimate of drug-likeness (QED) is 0.550. The number of para-hydroxylation sites is 2. The zero-order chi connectivity index (χ0) is 25.3. The Bertz CT molecular complexity index is 1260. The van der Waals surface area contributed by atoms with Crippen molar-refractivity contribution in [1.82, 2.24) is 19.6 Å². The number of aryl methyl sites for hydroxylation is 2. The maximum absolute atomic E-state index is 13.0. The largest absolute Gasteiger partial charge is 0.453 e. The molecule has 0 aliphatic carbocycles. The number of nitrogens with zero attached hydrogens (tertiary/aromatic N) is 5. The molecule has 0 radical (unpaired) electrons. The zero-order valence-electron chi connectivity index (χ0n) is 19.4. The second-order valence-electron chi connectivity index (χ2n) is 8.64. The van der Waals surface area contributed by atoms with E-state index in [1.165, 1.54) is 0 Å². The molecule has 9 nitrogen and oxygen atoms in total. The molecule has 0 spiro atoms. The van der Waals surface area contributed by atoms with Crippen LogP contribution in [0.1, 0.15) is 42.0 Å². The molecule has 0 atom stereocenters. The van der Waals surface area contributed by atoms with Crippen LogP contribution in [0, 0.1) is 19.8 Å². The van der Waals surface area contributed by atoms with Crippen molar-refractivity contribution in [3.63, 3.8) is 0 Å². The Labute approximate surface area is 199 Å². The molecule has 2 amide bonds. The van der Waals surface area contributed by atoms with Crippen molar-refractivity contribution >= 4 is 29.0 Å². The van der Waals surface area contributed by atoms with Gasteiger partial charge < -0.3 is 16.0 Å². The van der Waals surface area contributed by atoms with E-state index >= 15 is 0 Å². The molecule has 0 bridgehead atoms. The fourth-order valence-corrected chi connectivity index (χ4v) is 4.40. The third kappa shape index (κ3) is 5.20. The van der Waals surface area contributed by atoms with Crippen LogP contribution in [0.3, 0.4) is 0 Å². The summed E-state index contributed by atoms with van der Waals surface area (Å²) in [7, 11) is 0. The summed E-state index contributed by atoms with van der Waals surface area (Å²) in [6.45, 7) is 4.62. The Kier molecular flexibility index (Phi) is 6.64. The highest BCUT2D eigenvalue weighted by molar-refractivity contribution is 5.94. The minimum absolute atomic E-state index is 0.105. The summed E-state index contributed by atoms with van der Waals surface area (Å²) in [5, 5.41) is 6.48. The average Bonchev–Trinajstić information content (AvgIpc) is 3.24. The lowest BCUT2D eigenvalue weighted by Crippen LogP contribution is -2.38. The smallest absolute Gasteiger partial charge is 0.370 e. The highest BCUT2D eigenvalue weighted by atomic mass is 19.4. The lowest BCUT2D eigenvalue weighted by Gasteiger charge is -2.33. The number of benzene rings is 1. The van der Waals surface area contributed by atoms with Crippen LogP contribution in [-0.4, -0.2) is 44.5 Å². The number of nitrogens with one attached hydrogen (secondary N) is 1. The van der Waals surface area contributed by atoms with Gasteiger partial charge in [0.25, 0.3) is 11.6 Å². The standard InChI is InChI=1S/C23H26F3N7O2/c1-13-16(14(2)33-22(28-13)30-21(31-33)23(24,25)26)7-8-19(34)29-17-5-3-4-6-18(17)32-11-9-15(10-12-32)20(27)35/h3-6,15H,7-12H2,1-2H3,(H2,27,35)(H,29,34). The van der Waals surface area contributed by atoms with Crippen LogP contribution >= 0.6 is 0 Å². The number of primary amides is 1. The van der Waals surface area contributed by atoms with Gasteiger partial charge in [-0.3, -0.25) is 9.59 Å². The van der Waals surface area contributed by atoms with Gasteiger partial charge in [0.15, 0.2) is 0 Å². The monoisotopic (exact) mass is 489 g/mol. The third-order valence-corrected chi connectivity index (χ3v) is 6.32. The Morgan fingerprint density at radius 1 is 1.14 bits per heavy atom. The molecular weight excluding hydrogens is 463 g/mol. The van der Waals surface area contributed by atoms with Crippen LogP contribution < -0.4 is 16.0 Å². The highest BCUT2D eigenvalue weighted by Gasteiger charge is 2.37. The van der Waals surface area contributed by atoms with Gasteiger partial charge in [0.1, 0.15) is 0 Å². The Morgan fingerprint density at radius 3 is 2.49 bits per heavy atom. The molecule has 35 heavy (non-hydrogen) atoms. The normalized spacial score (nSPS) is 14.9. The summed E-state index contributed by atoms with van der Waals surface area (Å²) in [4.78, 5) is 34.0. The molecule has 2 aromatic heterocycles. The van der Waals surface area contributed by atoms with Crippen LogP contribution in [-0.2, 0) is 22.2 Å². The predicted molar refractivity (Wildman–Crippen MR) is 123 cm³/mol. The number of anilines is 2. The summed E-state index contributed by atoms with van der Waals surface area (Å²) in [5.41, 5.74) is 8.55. The first-order valence-corrected chi connectivity index (χ1v) is 11.3. The molecule has 186 valence electrons. The van der Waals surface area contributed by atoms with E-state index in [1.54, 1.807) is 13.8 Å². The summed E-state index contributed by atoms with van der Waals surface area (Å²) >= 11 is 0. The average molecular weight is 490 g/mol. The summed E-state index contributed by atoms with van der Waals surface area (Å²) in [6.07, 6.45) is -2.97. The molecule has 1 aliphatic heterocycles. The molecule has 0 saturated carbocycles. The molecule has 1 fully saturated rings. The highest BCUT2D eigenvalue weighted by Crippen LogP contribution is 2.30. The van der Waals surface area contributed by atoms with Crippen molar-refractivity contribution in [1.29, 1.82) is 0 Å². The number of aromatic nitrogens is 4. The Hall–Kier alpha value is -3.70. The first-order valence-electron chi connectivity index (χ1n) is 11.3. The molecule has 1 aliphatic rings. The number of carbonyl (C=O) groups is 2. The van der Waals surface area contributed by atoms with Gasteiger partial charge in [-0.2, -0.15) is 18.2 Å². The van der Waals surface area contributed by atoms with E-state index in [9.17, 15) is 22.8 Å². The van der Waals surface area contributed by atoms with Gasteiger partial charge in [0.05, 0.1) is 11.4 Å². The van der Waals surface area contributed by atoms with Crippen LogP contribution in [0.25, 0.3) is 5.78 Å². The van der Waals surface area contributed by atoms with Crippen LogP contribution in [0.5, 0.6) is 0 Å². The second kappa shape index (κ2) is 9.51. The SMILES string of the molecule is Cc1nc2nc(C(F)(F)F)nn2c(C)c1CCC(=O)Nc1ccccc1N1CCC(C(N)=O)CC1. The number of nitrogens with two attached hydrogens (primary N) is 1. The van der Waals surface area contributed by atoms with Crippen LogP contribution in [0.4, 0.5) is 24.5 Å². The number of fused-ring (bicyclic) bond motifs is 1. The number of hydrogen-bond donors (Lipinski definition) is 2. The van der Waals surface area contributed by atoms with E-state index in [4.69, 9.17) is 5.73 Å². The van der Waals surface area contributed by atoms with Crippen molar-refractivity contribution in [3.8, 4) is 0 Å². The molecular formula is C23H26F3N7O2. The molecule has 3 heterocycles. The minimum Gasteiger partial charge on any atom is -0.370 e. The molecule has 3 N–H and O–H groups in total. The van der Waals surface area contributed by atoms with Gasteiger partial charge in [-0.1, -0.05) is 12.1 Å². The zero-order valence-corrected chi connectivity index (χ0v) is 19.4. The maximum Gasteiger partial charge on any atom is 0.453 e. The topological polar surface area (TPSA) is 119 Å². The first kappa shape index (κ1) is 24.4. The molecule has 4 rings (SSSR count). The number of halogens is 3. The number of alkyl halides is 3. The van der Waals surface area contributed by atoms with Gasteiger partial charge in [0.2, 0.25) is 11.8 Å². The fraction of sp³-hybridized carbons (Fsp3) is 0.435. The van der Waals surface area contributed by atoms with Crippen molar-refractivity contribution in [2.75, 3.05) is 23.3 Å². The lowest BCUT2D eigenvalue weighted by atomic mass is 9.96. The first-order chi connectivity index (χ1) is 16.5. The summed E-state index contributed by atoms with van der Waals surface area (Å²) in [6, 6.07) is 7.43. The number of piperidine rings is 1. The summed E-state index contributed by atoms with van der Waals surface area (Å²) in [5.74, 6) is -2.04. The van der Waals surface area contributed by atoms with Crippen molar-refractivity contribution in [3.05, 3.63) is 47.0 Å². The number of hydrogen-bond acceptors (Lipinski definition) is 6. The number of carbonyl (C=O) groups excluding carboxylic acids is 2. The minimum atomic E-state index is -4.67. The van der Waals surface area contributed by atoms with Gasteiger partial charge in [-0.15, -0.1) is 5.10 Å². The van der Waals surface area contributed by atoms with E-state index < -0.39 is 12.0 Å². The Balaban J connectivity index is 1.45. The van der Waals surface area contributed by atoms with Gasteiger partial charge in [0, 0.05) is 36.8 Å². The summed E-state index contributed by atoms with van der Waals surface area (Å²) < 4.78 is 40.1. The maximum atomic E-state index is 13.0. The Morgan fingerprint density at radius 2 is 1.83 bits per heavy atom.